The molecule has 0 aliphatic carbocycles. The first-order valence-electron chi connectivity index (χ1n) is 6.65. The maximum absolute atomic E-state index is 13.8. The Morgan fingerprint density at radius 1 is 1.05 bits per heavy atom. The zero-order chi connectivity index (χ0) is 14.8. The van der Waals surface area contributed by atoms with E-state index >= 15 is 0 Å². The molecule has 3 nitrogen and oxygen atoms in total. The zero-order valence-corrected chi connectivity index (χ0v) is 11.5. The van der Waals surface area contributed by atoms with Crippen LogP contribution in [0.2, 0.25) is 0 Å². The zero-order valence-electron chi connectivity index (χ0n) is 11.5. The van der Waals surface area contributed by atoms with Crippen LogP contribution in [-0.4, -0.2) is 19.0 Å². The SMILES string of the molecule is Cc1ccc(N2CCOC(c3c(F)cccc3F)=N2)cc1. The molecule has 2 aromatic carbocycles. The van der Waals surface area contributed by atoms with Crippen molar-refractivity contribution in [3.63, 3.8) is 0 Å². The van der Waals surface area contributed by atoms with Gasteiger partial charge in [-0.15, -0.1) is 5.10 Å². The lowest BCUT2D eigenvalue weighted by atomic mass is 10.2. The summed E-state index contributed by atoms with van der Waals surface area (Å²) in [6.45, 7) is 2.84. The van der Waals surface area contributed by atoms with E-state index in [1.54, 1.807) is 5.01 Å². The minimum Gasteiger partial charge on any atom is -0.474 e. The largest absolute Gasteiger partial charge is 0.474 e. The summed E-state index contributed by atoms with van der Waals surface area (Å²) in [5.41, 5.74) is 1.77. The minimum absolute atomic E-state index is 0.0302. The van der Waals surface area contributed by atoms with E-state index in [-0.39, 0.29) is 11.5 Å². The van der Waals surface area contributed by atoms with Crippen LogP contribution in [0.5, 0.6) is 0 Å². The molecule has 0 radical (unpaired) electrons. The summed E-state index contributed by atoms with van der Waals surface area (Å²) in [5.74, 6) is -1.39. The van der Waals surface area contributed by atoms with Crippen LogP contribution in [0.25, 0.3) is 0 Å². The molecule has 0 unspecified atom stereocenters. The van der Waals surface area contributed by atoms with Gasteiger partial charge in [0.1, 0.15) is 23.8 Å². The van der Waals surface area contributed by atoms with Gasteiger partial charge in [0, 0.05) is 0 Å². The summed E-state index contributed by atoms with van der Waals surface area (Å²) >= 11 is 0. The van der Waals surface area contributed by atoms with E-state index < -0.39 is 11.6 Å². The Hall–Kier alpha value is -2.43. The van der Waals surface area contributed by atoms with Crippen molar-refractivity contribution >= 4 is 11.6 Å². The summed E-state index contributed by atoms with van der Waals surface area (Å²) in [5, 5.41) is 5.91. The van der Waals surface area contributed by atoms with Crippen molar-refractivity contribution in [1.29, 1.82) is 0 Å². The monoisotopic (exact) mass is 288 g/mol. The van der Waals surface area contributed by atoms with E-state index in [2.05, 4.69) is 5.10 Å². The molecule has 0 bridgehead atoms. The predicted octanol–water partition coefficient (Wildman–Crippen LogP) is 3.47. The van der Waals surface area contributed by atoms with Crippen LogP contribution < -0.4 is 5.01 Å². The van der Waals surface area contributed by atoms with E-state index in [0.29, 0.717) is 13.2 Å². The molecule has 1 aliphatic rings. The average Bonchev–Trinajstić information content (AvgIpc) is 2.48. The molecule has 0 aromatic heterocycles. The van der Waals surface area contributed by atoms with Crippen molar-refractivity contribution in [2.75, 3.05) is 18.2 Å². The number of anilines is 1. The van der Waals surface area contributed by atoms with Crippen molar-refractivity contribution < 1.29 is 13.5 Å². The molecule has 3 rings (SSSR count). The summed E-state index contributed by atoms with van der Waals surface area (Å²) in [4.78, 5) is 0. The standard InChI is InChI=1S/C16H14F2N2O/c1-11-5-7-12(8-6-11)20-9-10-21-16(19-20)15-13(17)3-2-4-14(15)18/h2-8H,9-10H2,1H3. The topological polar surface area (TPSA) is 24.8 Å². The minimum atomic E-state index is -0.681. The molecule has 0 atom stereocenters. The number of rotatable bonds is 2. The fraction of sp³-hybridized carbons (Fsp3) is 0.188. The normalized spacial score (nSPS) is 14.6. The van der Waals surface area contributed by atoms with Crippen molar-refractivity contribution in [3.05, 3.63) is 65.2 Å². The molecule has 108 valence electrons. The number of ether oxygens (including phenoxy) is 1. The van der Waals surface area contributed by atoms with Gasteiger partial charge in [0.2, 0.25) is 5.90 Å². The second-order valence-corrected chi connectivity index (χ2v) is 4.81. The Kier molecular flexibility index (Phi) is 3.56. The number of hydrogen-bond acceptors (Lipinski definition) is 3. The highest BCUT2D eigenvalue weighted by atomic mass is 19.1. The first kappa shape index (κ1) is 13.5. The molecule has 2 aromatic rings. The number of nitrogens with zero attached hydrogens (tertiary/aromatic N) is 2. The second-order valence-electron chi connectivity index (χ2n) is 4.81. The summed E-state index contributed by atoms with van der Waals surface area (Å²) < 4.78 is 32.9. The van der Waals surface area contributed by atoms with Gasteiger partial charge in [0.15, 0.2) is 0 Å². The van der Waals surface area contributed by atoms with Crippen LogP contribution in [-0.2, 0) is 4.74 Å². The maximum Gasteiger partial charge on any atom is 0.244 e. The molecular formula is C16H14F2N2O. The van der Waals surface area contributed by atoms with E-state index in [0.717, 1.165) is 11.3 Å². The third-order valence-electron chi connectivity index (χ3n) is 3.26. The fourth-order valence-corrected chi connectivity index (χ4v) is 2.15. The van der Waals surface area contributed by atoms with Crippen LogP contribution >= 0.6 is 0 Å². The number of halogens is 2. The second kappa shape index (κ2) is 5.52. The Morgan fingerprint density at radius 2 is 1.71 bits per heavy atom. The van der Waals surface area contributed by atoms with Gasteiger partial charge in [-0.3, -0.25) is 5.01 Å². The molecule has 5 heteroatoms. The highest BCUT2D eigenvalue weighted by molar-refractivity contribution is 5.95. The van der Waals surface area contributed by atoms with Crippen LogP contribution in [0.1, 0.15) is 11.1 Å². The summed E-state index contributed by atoms with van der Waals surface area (Å²) in [6, 6.07) is 11.5. The third-order valence-corrected chi connectivity index (χ3v) is 3.26. The van der Waals surface area contributed by atoms with Crippen molar-refractivity contribution in [2.45, 2.75) is 6.92 Å². The van der Waals surface area contributed by atoms with Gasteiger partial charge in [-0.1, -0.05) is 23.8 Å². The highest BCUT2D eigenvalue weighted by Gasteiger charge is 2.22. The van der Waals surface area contributed by atoms with Gasteiger partial charge in [-0.2, -0.15) is 0 Å². The average molecular weight is 288 g/mol. The fourth-order valence-electron chi connectivity index (χ4n) is 2.15. The Bertz CT molecular complexity index is 663. The van der Waals surface area contributed by atoms with Crippen LogP contribution in [0.4, 0.5) is 14.5 Å². The Labute approximate surface area is 121 Å². The lowest BCUT2D eigenvalue weighted by Crippen LogP contribution is -2.32. The number of hydrogen-bond donors (Lipinski definition) is 0. The maximum atomic E-state index is 13.8. The van der Waals surface area contributed by atoms with Gasteiger partial charge in [0.25, 0.3) is 0 Å². The molecule has 0 fully saturated rings. The first-order chi connectivity index (χ1) is 10.1. The highest BCUT2D eigenvalue weighted by Crippen LogP contribution is 2.21. The molecule has 0 saturated carbocycles. The van der Waals surface area contributed by atoms with Gasteiger partial charge in [-0.25, -0.2) is 8.78 Å². The summed E-state index contributed by atoms with van der Waals surface area (Å²) in [6.07, 6.45) is 0. The molecular weight excluding hydrogens is 274 g/mol. The Balaban J connectivity index is 1.98. The van der Waals surface area contributed by atoms with Crippen LogP contribution in [0, 0.1) is 18.6 Å². The number of benzene rings is 2. The summed E-state index contributed by atoms with van der Waals surface area (Å²) in [7, 11) is 0. The third kappa shape index (κ3) is 2.72. The first-order valence-corrected chi connectivity index (χ1v) is 6.65. The Morgan fingerprint density at radius 3 is 2.38 bits per heavy atom. The number of hydrazone groups is 1. The van der Waals surface area contributed by atoms with Crippen LogP contribution in [0.15, 0.2) is 47.6 Å². The predicted molar refractivity (Wildman–Crippen MR) is 77.4 cm³/mol. The quantitative estimate of drug-likeness (QED) is 0.845. The van der Waals surface area contributed by atoms with Gasteiger partial charge in [-0.05, 0) is 31.2 Å². The molecule has 0 spiro atoms. The molecule has 0 N–H and O–H groups in total. The molecule has 0 saturated heterocycles. The van der Waals surface area contributed by atoms with E-state index in [1.165, 1.54) is 18.2 Å². The van der Waals surface area contributed by atoms with E-state index in [4.69, 9.17) is 4.74 Å². The van der Waals surface area contributed by atoms with Crippen molar-refractivity contribution in [2.24, 2.45) is 5.10 Å². The molecule has 21 heavy (non-hydrogen) atoms. The van der Waals surface area contributed by atoms with Crippen molar-refractivity contribution in [1.82, 2.24) is 0 Å². The lowest BCUT2D eigenvalue weighted by Gasteiger charge is -2.26. The van der Waals surface area contributed by atoms with Crippen LogP contribution in [0.3, 0.4) is 0 Å². The van der Waals surface area contributed by atoms with E-state index in [9.17, 15) is 8.78 Å². The van der Waals surface area contributed by atoms with Gasteiger partial charge in [0.05, 0.1) is 12.2 Å². The molecule has 1 aliphatic heterocycles. The van der Waals surface area contributed by atoms with Gasteiger partial charge >= 0.3 is 0 Å². The lowest BCUT2D eigenvalue weighted by molar-refractivity contribution is 0.291. The number of aryl methyl sites for hydroxylation is 1. The smallest absolute Gasteiger partial charge is 0.244 e. The molecule has 0 amide bonds. The van der Waals surface area contributed by atoms with Crippen molar-refractivity contribution in [3.8, 4) is 0 Å². The van der Waals surface area contributed by atoms with E-state index in [1.807, 2.05) is 31.2 Å². The van der Waals surface area contributed by atoms with Gasteiger partial charge < -0.3 is 4.74 Å². The molecule has 1 heterocycles.